The Morgan fingerprint density at radius 3 is 2.54 bits per heavy atom. The molecule has 0 aliphatic carbocycles. The molecule has 218 valence electrons. The van der Waals surface area contributed by atoms with Crippen LogP contribution in [0.1, 0.15) is 44.1 Å². The number of hydrogen-bond donors (Lipinski definition) is 2. The van der Waals surface area contributed by atoms with E-state index in [0.717, 1.165) is 5.56 Å². The van der Waals surface area contributed by atoms with Crippen molar-refractivity contribution in [2.75, 3.05) is 26.3 Å². The van der Waals surface area contributed by atoms with Crippen LogP contribution in [0.2, 0.25) is 0 Å². The lowest BCUT2D eigenvalue weighted by molar-refractivity contribution is -0.140. The predicted octanol–water partition coefficient (Wildman–Crippen LogP) is 2.45. The van der Waals surface area contributed by atoms with E-state index < -0.39 is 11.5 Å². The first-order valence-corrected chi connectivity index (χ1v) is 14.7. The van der Waals surface area contributed by atoms with Gasteiger partial charge in [-0.15, -0.1) is 0 Å². The highest BCUT2D eigenvalue weighted by molar-refractivity contribution is 5.90. The van der Waals surface area contributed by atoms with Gasteiger partial charge in [0.1, 0.15) is 6.04 Å². The maximum Gasteiger partial charge on any atom is 0.250 e. The standard InChI is InChI=1S/C32H40N4O5/c37-28-11-5-7-17-35(28)19-13-29(38)36-18-12-26-25(23-36)10-4-6-14-32(15-20-41-21-16-32)31(40)34-27(30(39)33-26)22-24-8-2-1-3-9-24/h1-9,11,17,25-27H,10,12-16,18-23H2,(H,33,39)(H,34,40)/t25-,26+,27-/m1/s1. The van der Waals surface area contributed by atoms with Gasteiger partial charge in [-0.3, -0.25) is 19.2 Å². The van der Waals surface area contributed by atoms with E-state index >= 15 is 0 Å². The van der Waals surface area contributed by atoms with E-state index in [0.29, 0.717) is 71.4 Å². The second kappa shape index (κ2) is 13.3. The minimum atomic E-state index is -0.697. The molecule has 1 aromatic heterocycles. The minimum absolute atomic E-state index is 0.0102. The largest absolute Gasteiger partial charge is 0.381 e. The summed E-state index contributed by atoms with van der Waals surface area (Å²) in [4.78, 5) is 54.5. The first kappa shape index (κ1) is 28.8. The van der Waals surface area contributed by atoms with Crippen LogP contribution >= 0.6 is 0 Å². The normalized spacial score (nSPS) is 24.9. The minimum Gasteiger partial charge on any atom is -0.381 e. The summed E-state index contributed by atoms with van der Waals surface area (Å²) in [7, 11) is 0. The SMILES string of the molecule is O=C1N[C@H]2CCN(C(=O)CCn3ccccc3=O)C[C@H]2CC=CCC2(CCOCC2)C(=O)N[C@@H]1Cc1ccccc1. The third kappa shape index (κ3) is 7.14. The lowest BCUT2D eigenvalue weighted by Gasteiger charge is -2.40. The molecule has 0 saturated carbocycles. The van der Waals surface area contributed by atoms with Crippen molar-refractivity contribution in [3.05, 3.63) is 82.8 Å². The summed E-state index contributed by atoms with van der Waals surface area (Å²) in [5, 5.41) is 6.37. The summed E-state index contributed by atoms with van der Waals surface area (Å²) >= 11 is 0. The fraction of sp³-hybridized carbons (Fsp3) is 0.500. The molecule has 3 atom stereocenters. The molecule has 41 heavy (non-hydrogen) atoms. The third-order valence-corrected chi connectivity index (χ3v) is 8.83. The lowest BCUT2D eigenvalue weighted by Crippen LogP contribution is -2.58. The number of piperidine rings is 1. The zero-order valence-electron chi connectivity index (χ0n) is 23.5. The molecule has 3 amide bonds. The van der Waals surface area contributed by atoms with Crippen molar-refractivity contribution in [3.8, 4) is 0 Å². The van der Waals surface area contributed by atoms with Gasteiger partial charge in [0.15, 0.2) is 0 Å². The molecule has 1 aromatic carbocycles. The Hall–Kier alpha value is -3.72. The van der Waals surface area contributed by atoms with Gasteiger partial charge in [-0.05, 0) is 43.7 Å². The monoisotopic (exact) mass is 560 g/mol. The summed E-state index contributed by atoms with van der Waals surface area (Å²) in [6.07, 6.45) is 9.71. The van der Waals surface area contributed by atoms with E-state index in [1.165, 1.54) is 6.07 Å². The molecule has 9 heteroatoms. The molecule has 3 aliphatic heterocycles. The summed E-state index contributed by atoms with van der Waals surface area (Å²) < 4.78 is 7.13. The molecule has 9 nitrogen and oxygen atoms in total. The topological polar surface area (TPSA) is 110 Å². The fourth-order valence-corrected chi connectivity index (χ4v) is 6.23. The number of carbonyl (C=O) groups excluding carboxylic acids is 3. The van der Waals surface area contributed by atoms with Crippen LogP contribution in [0, 0.1) is 11.3 Å². The summed E-state index contributed by atoms with van der Waals surface area (Å²) in [6.45, 7) is 2.45. The van der Waals surface area contributed by atoms with Gasteiger partial charge >= 0.3 is 0 Å². The maximum absolute atomic E-state index is 13.7. The number of benzene rings is 1. The average Bonchev–Trinajstić information content (AvgIpc) is 2.99. The van der Waals surface area contributed by atoms with Crippen molar-refractivity contribution in [3.63, 3.8) is 0 Å². The summed E-state index contributed by atoms with van der Waals surface area (Å²) in [5.41, 5.74) is 0.258. The van der Waals surface area contributed by atoms with Crippen LogP contribution in [0.3, 0.4) is 0 Å². The predicted molar refractivity (Wildman–Crippen MR) is 155 cm³/mol. The number of rotatable bonds is 5. The van der Waals surface area contributed by atoms with Gasteiger partial charge in [0, 0.05) is 69.9 Å². The third-order valence-electron chi connectivity index (χ3n) is 8.83. The van der Waals surface area contributed by atoms with Crippen LogP contribution < -0.4 is 16.2 Å². The Bertz CT molecular complexity index is 1300. The molecule has 5 rings (SSSR count). The van der Waals surface area contributed by atoms with Gasteiger partial charge in [0.05, 0.1) is 5.41 Å². The quantitative estimate of drug-likeness (QED) is 0.546. The van der Waals surface area contributed by atoms with Crippen LogP contribution in [-0.4, -0.2) is 65.6 Å². The molecule has 0 unspecified atom stereocenters. The van der Waals surface area contributed by atoms with Crippen molar-refractivity contribution in [2.24, 2.45) is 11.3 Å². The van der Waals surface area contributed by atoms with E-state index in [-0.39, 0.29) is 41.7 Å². The number of nitrogens with one attached hydrogen (secondary N) is 2. The Morgan fingerprint density at radius 1 is 0.976 bits per heavy atom. The van der Waals surface area contributed by atoms with Gasteiger partial charge in [-0.1, -0.05) is 48.6 Å². The number of nitrogens with zero attached hydrogens (tertiary/aromatic N) is 2. The number of allylic oxidation sites excluding steroid dienone is 2. The molecule has 2 aromatic rings. The molecule has 0 bridgehead atoms. The molecular weight excluding hydrogens is 520 g/mol. The first-order chi connectivity index (χ1) is 19.9. The van der Waals surface area contributed by atoms with E-state index in [1.807, 2.05) is 35.2 Å². The van der Waals surface area contributed by atoms with Crippen LogP contribution in [0.5, 0.6) is 0 Å². The first-order valence-electron chi connectivity index (χ1n) is 14.7. The molecule has 1 spiro atoms. The number of hydrogen-bond acceptors (Lipinski definition) is 5. The van der Waals surface area contributed by atoms with E-state index in [4.69, 9.17) is 4.74 Å². The van der Waals surface area contributed by atoms with Crippen LogP contribution in [0.25, 0.3) is 0 Å². The molecule has 4 heterocycles. The molecule has 3 aliphatic rings. The lowest BCUT2D eigenvalue weighted by atomic mass is 9.75. The average molecular weight is 561 g/mol. The van der Waals surface area contributed by atoms with Gasteiger partial charge in [0.25, 0.3) is 5.56 Å². The number of aryl methyl sites for hydroxylation is 1. The highest BCUT2D eigenvalue weighted by Gasteiger charge is 2.41. The number of aromatic nitrogens is 1. The number of carbonyl (C=O) groups is 3. The van der Waals surface area contributed by atoms with Gasteiger partial charge < -0.3 is 24.8 Å². The summed E-state index contributed by atoms with van der Waals surface area (Å²) in [6, 6.07) is 13.9. The van der Waals surface area contributed by atoms with Crippen molar-refractivity contribution in [1.29, 1.82) is 0 Å². The van der Waals surface area contributed by atoms with Crippen molar-refractivity contribution in [2.45, 2.75) is 63.6 Å². The maximum atomic E-state index is 13.7. The number of amides is 3. The summed E-state index contributed by atoms with van der Waals surface area (Å²) in [5.74, 6) is -0.217. The zero-order chi connectivity index (χ0) is 28.7. The number of likely N-dealkylation sites (tertiary alicyclic amines) is 1. The van der Waals surface area contributed by atoms with E-state index in [9.17, 15) is 19.2 Å². The van der Waals surface area contributed by atoms with Crippen LogP contribution in [0.15, 0.2) is 71.7 Å². The van der Waals surface area contributed by atoms with Crippen LogP contribution in [-0.2, 0) is 32.1 Å². The van der Waals surface area contributed by atoms with Crippen LogP contribution in [0.4, 0.5) is 0 Å². The molecule has 2 N–H and O–H groups in total. The van der Waals surface area contributed by atoms with Crippen molar-refractivity contribution >= 4 is 17.7 Å². The number of ether oxygens (including phenoxy) is 1. The highest BCUT2D eigenvalue weighted by Crippen LogP contribution is 2.36. The molecule has 0 radical (unpaired) electrons. The van der Waals surface area contributed by atoms with Crippen molar-refractivity contribution in [1.82, 2.24) is 20.1 Å². The van der Waals surface area contributed by atoms with E-state index in [1.54, 1.807) is 22.9 Å². The van der Waals surface area contributed by atoms with Gasteiger partial charge in [-0.2, -0.15) is 0 Å². The Kier molecular flexibility index (Phi) is 9.34. The molecule has 2 fully saturated rings. The molecular formula is C32H40N4O5. The Morgan fingerprint density at radius 2 is 1.76 bits per heavy atom. The fourth-order valence-electron chi connectivity index (χ4n) is 6.23. The highest BCUT2D eigenvalue weighted by atomic mass is 16.5. The zero-order valence-corrected chi connectivity index (χ0v) is 23.5. The van der Waals surface area contributed by atoms with Gasteiger partial charge in [0.2, 0.25) is 17.7 Å². The van der Waals surface area contributed by atoms with E-state index in [2.05, 4.69) is 22.8 Å². The van der Waals surface area contributed by atoms with Crippen molar-refractivity contribution < 1.29 is 19.1 Å². The second-order valence-electron chi connectivity index (χ2n) is 11.5. The van der Waals surface area contributed by atoms with Gasteiger partial charge in [-0.25, -0.2) is 0 Å². The number of fused-ring (bicyclic) bond motifs is 1. The second-order valence-corrected chi connectivity index (χ2v) is 11.5. The Balaban J connectivity index is 1.33. The smallest absolute Gasteiger partial charge is 0.250 e. The molecule has 2 saturated heterocycles. The Labute approximate surface area is 240 Å². The number of pyridine rings is 1.